The Balaban J connectivity index is 1.58. The number of aromatic nitrogens is 2. The molecule has 1 aromatic heterocycles. The molecule has 0 saturated carbocycles. The lowest BCUT2D eigenvalue weighted by atomic mass is 10.1. The molecule has 41 heavy (non-hydrogen) atoms. The molecule has 1 N–H and O–H groups in total. The Bertz CT molecular complexity index is 1450. The molecule has 0 aliphatic carbocycles. The van der Waals surface area contributed by atoms with Gasteiger partial charge in [-0.15, -0.1) is 0 Å². The third kappa shape index (κ3) is 6.64. The number of hydrogen-bond donors (Lipinski definition) is 1. The summed E-state index contributed by atoms with van der Waals surface area (Å²) in [6.07, 6.45) is -5.08. The molecule has 3 aromatic rings. The standard InChI is InChI=1S/C29H30F3N5O4/c1-17(2)41-27(39)23-19(4)33-25(20-10-6-5-7-11-20)35-24(23)26(38)36-14-15-37(18(3)16-36)28(40)34-22-13-9-8-12-21(22)29(30,31)32/h5-13,17-18H,14-16H2,1-4H3,(H,34,40). The average Bonchev–Trinajstić information content (AvgIpc) is 2.91. The van der Waals surface area contributed by atoms with Gasteiger partial charge in [-0.2, -0.15) is 13.2 Å². The van der Waals surface area contributed by atoms with Gasteiger partial charge in [0, 0.05) is 31.2 Å². The molecule has 1 atom stereocenters. The van der Waals surface area contributed by atoms with Crippen LogP contribution in [-0.2, 0) is 10.9 Å². The zero-order chi connectivity index (χ0) is 29.9. The van der Waals surface area contributed by atoms with Crippen molar-refractivity contribution in [1.29, 1.82) is 0 Å². The first-order chi connectivity index (χ1) is 19.4. The van der Waals surface area contributed by atoms with Gasteiger partial charge in [-0.25, -0.2) is 19.6 Å². The molecule has 12 heteroatoms. The first kappa shape index (κ1) is 29.5. The van der Waals surface area contributed by atoms with Crippen LogP contribution in [0.2, 0.25) is 0 Å². The fourth-order valence-corrected chi connectivity index (χ4v) is 4.58. The number of esters is 1. The van der Waals surface area contributed by atoms with Crippen LogP contribution in [0.3, 0.4) is 0 Å². The first-order valence-electron chi connectivity index (χ1n) is 13.0. The summed E-state index contributed by atoms with van der Waals surface area (Å²) in [5, 5.41) is 2.35. The summed E-state index contributed by atoms with van der Waals surface area (Å²) in [6.45, 7) is 6.85. The van der Waals surface area contributed by atoms with Crippen LogP contribution in [0.25, 0.3) is 11.4 Å². The van der Waals surface area contributed by atoms with Crippen molar-refractivity contribution < 1.29 is 32.3 Å². The van der Waals surface area contributed by atoms with Gasteiger partial charge in [0.25, 0.3) is 5.91 Å². The van der Waals surface area contributed by atoms with E-state index in [1.165, 1.54) is 28.0 Å². The second-order valence-electron chi connectivity index (χ2n) is 9.94. The zero-order valence-electron chi connectivity index (χ0n) is 23.0. The van der Waals surface area contributed by atoms with Crippen molar-refractivity contribution in [3.05, 3.63) is 77.1 Å². The summed E-state index contributed by atoms with van der Waals surface area (Å²) in [4.78, 5) is 51.5. The maximum Gasteiger partial charge on any atom is 0.418 e. The predicted octanol–water partition coefficient (Wildman–Crippen LogP) is 5.41. The van der Waals surface area contributed by atoms with Gasteiger partial charge in [0.2, 0.25) is 0 Å². The number of piperazine rings is 1. The number of carbonyl (C=O) groups excluding carboxylic acids is 3. The minimum atomic E-state index is -4.64. The van der Waals surface area contributed by atoms with Crippen molar-refractivity contribution in [3.8, 4) is 11.4 Å². The highest BCUT2D eigenvalue weighted by Gasteiger charge is 2.36. The van der Waals surface area contributed by atoms with E-state index >= 15 is 0 Å². The Labute approximate surface area is 235 Å². The fraction of sp³-hybridized carbons (Fsp3) is 0.345. The van der Waals surface area contributed by atoms with Crippen LogP contribution < -0.4 is 5.32 Å². The number of aryl methyl sites for hydroxylation is 1. The highest BCUT2D eigenvalue weighted by Crippen LogP contribution is 2.35. The summed E-state index contributed by atoms with van der Waals surface area (Å²) in [7, 11) is 0. The van der Waals surface area contributed by atoms with Crippen LogP contribution in [0.5, 0.6) is 0 Å². The Hall–Kier alpha value is -4.48. The number of amides is 3. The van der Waals surface area contributed by atoms with E-state index in [2.05, 4.69) is 15.3 Å². The van der Waals surface area contributed by atoms with Crippen LogP contribution >= 0.6 is 0 Å². The monoisotopic (exact) mass is 569 g/mol. The highest BCUT2D eigenvalue weighted by molar-refractivity contribution is 6.05. The number of benzene rings is 2. The Kier molecular flexibility index (Phi) is 8.60. The molecule has 1 aliphatic heterocycles. The number of ether oxygens (including phenoxy) is 1. The summed E-state index contributed by atoms with van der Waals surface area (Å²) >= 11 is 0. The molecule has 0 radical (unpaired) electrons. The highest BCUT2D eigenvalue weighted by atomic mass is 19.4. The van der Waals surface area contributed by atoms with Crippen molar-refractivity contribution in [2.45, 2.75) is 46.0 Å². The summed E-state index contributed by atoms with van der Waals surface area (Å²) in [5.74, 6) is -1.01. The number of anilines is 1. The van der Waals surface area contributed by atoms with Crippen LogP contribution in [0, 0.1) is 6.92 Å². The number of nitrogens with one attached hydrogen (secondary N) is 1. The van der Waals surface area contributed by atoms with Gasteiger partial charge >= 0.3 is 18.2 Å². The first-order valence-corrected chi connectivity index (χ1v) is 13.0. The number of para-hydroxylation sites is 1. The fourth-order valence-electron chi connectivity index (χ4n) is 4.58. The van der Waals surface area contributed by atoms with E-state index in [0.717, 1.165) is 6.07 Å². The molecule has 1 saturated heterocycles. The van der Waals surface area contributed by atoms with E-state index in [0.29, 0.717) is 5.56 Å². The molecule has 0 spiro atoms. The van der Waals surface area contributed by atoms with E-state index in [4.69, 9.17) is 4.74 Å². The maximum absolute atomic E-state index is 13.8. The predicted molar refractivity (Wildman–Crippen MR) is 145 cm³/mol. The van der Waals surface area contributed by atoms with Gasteiger partial charge < -0.3 is 19.9 Å². The molecule has 2 aromatic carbocycles. The van der Waals surface area contributed by atoms with Gasteiger partial charge in [-0.3, -0.25) is 4.79 Å². The molecule has 0 bridgehead atoms. The summed E-state index contributed by atoms with van der Waals surface area (Å²) in [6, 6.07) is 12.5. The molecule has 1 unspecified atom stereocenters. The zero-order valence-corrected chi connectivity index (χ0v) is 23.0. The van der Waals surface area contributed by atoms with Crippen LogP contribution in [-0.4, -0.2) is 69.5 Å². The number of nitrogens with zero attached hydrogens (tertiary/aromatic N) is 4. The van der Waals surface area contributed by atoms with Crippen molar-refractivity contribution in [2.24, 2.45) is 0 Å². The average molecular weight is 570 g/mol. The summed E-state index contributed by atoms with van der Waals surface area (Å²) < 4.78 is 45.5. The number of alkyl halides is 3. The number of halogens is 3. The number of rotatable bonds is 5. The van der Waals surface area contributed by atoms with Crippen LogP contribution in [0.15, 0.2) is 54.6 Å². The second-order valence-corrected chi connectivity index (χ2v) is 9.94. The number of urea groups is 1. The number of hydrogen-bond acceptors (Lipinski definition) is 6. The number of carbonyl (C=O) groups is 3. The van der Waals surface area contributed by atoms with Crippen molar-refractivity contribution in [2.75, 3.05) is 25.0 Å². The molecule has 4 rings (SSSR count). The van der Waals surface area contributed by atoms with Gasteiger partial charge in [-0.1, -0.05) is 42.5 Å². The van der Waals surface area contributed by atoms with Gasteiger partial charge in [0.15, 0.2) is 5.82 Å². The molecule has 216 valence electrons. The van der Waals surface area contributed by atoms with E-state index in [-0.39, 0.29) is 48.1 Å². The lowest BCUT2D eigenvalue weighted by Crippen LogP contribution is -2.56. The quantitative estimate of drug-likeness (QED) is 0.412. The van der Waals surface area contributed by atoms with Gasteiger partial charge in [0.1, 0.15) is 11.3 Å². The molecule has 9 nitrogen and oxygen atoms in total. The molecule has 2 heterocycles. The minimum Gasteiger partial charge on any atom is -0.459 e. The Morgan fingerprint density at radius 2 is 1.66 bits per heavy atom. The summed E-state index contributed by atoms with van der Waals surface area (Å²) in [5.41, 5.74) is -0.534. The van der Waals surface area contributed by atoms with Crippen LogP contribution in [0.4, 0.5) is 23.7 Å². The van der Waals surface area contributed by atoms with Crippen molar-refractivity contribution >= 4 is 23.6 Å². The molecular weight excluding hydrogens is 539 g/mol. The lowest BCUT2D eigenvalue weighted by Gasteiger charge is -2.39. The Morgan fingerprint density at radius 3 is 2.29 bits per heavy atom. The lowest BCUT2D eigenvalue weighted by molar-refractivity contribution is -0.136. The third-order valence-electron chi connectivity index (χ3n) is 6.52. The second kappa shape index (κ2) is 11.9. The van der Waals surface area contributed by atoms with E-state index in [1.54, 1.807) is 52.0 Å². The van der Waals surface area contributed by atoms with Crippen molar-refractivity contribution in [3.63, 3.8) is 0 Å². The molecule has 3 amide bonds. The van der Waals surface area contributed by atoms with E-state index in [1.807, 2.05) is 6.07 Å². The van der Waals surface area contributed by atoms with Crippen LogP contribution in [0.1, 0.15) is 52.9 Å². The normalized spacial score (nSPS) is 15.6. The van der Waals surface area contributed by atoms with E-state index < -0.39 is 41.8 Å². The molecular formula is C29H30F3N5O4. The maximum atomic E-state index is 13.8. The SMILES string of the molecule is Cc1nc(-c2ccccc2)nc(C(=O)N2CCN(C(=O)Nc3ccccc3C(F)(F)F)C(C)C2)c1C(=O)OC(C)C. The Morgan fingerprint density at radius 1 is 1.00 bits per heavy atom. The third-order valence-corrected chi connectivity index (χ3v) is 6.52. The van der Waals surface area contributed by atoms with Crippen molar-refractivity contribution in [1.82, 2.24) is 19.8 Å². The minimum absolute atomic E-state index is 0.0417. The molecule has 1 fully saturated rings. The molecule has 1 aliphatic rings. The largest absolute Gasteiger partial charge is 0.459 e. The topological polar surface area (TPSA) is 105 Å². The smallest absolute Gasteiger partial charge is 0.418 e. The van der Waals surface area contributed by atoms with Gasteiger partial charge in [-0.05, 0) is 39.8 Å². The van der Waals surface area contributed by atoms with E-state index in [9.17, 15) is 27.6 Å². The van der Waals surface area contributed by atoms with Gasteiger partial charge in [0.05, 0.1) is 23.0 Å².